The summed E-state index contributed by atoms with van der Waals surface area (Å²) in [5, 5.41) is 2.97. The van der Waals surface area contributed by atoms with Crippen molar-refractivity contribution >= 4 is 33.9 Å². The third-order valence-electron chi connectivity index (χ3n) is 3.09. The zero-order valence-corrected chi connectivity index (χ0v) is 12.2. The summed E-state index contributed by atoms with van der Waals surface area (Å²) in [6.07, 6.45) is 2.97. The third-order valence-corrected chi connectivity index (χ3v) is 10.3. The van der Waals surface area contributed by atoms with Gasteiger partial charge in [-0.25, -0.2) is 0 Å². The van der Waals surface area contributed by atoms with E-state index in [4.69, 9.17) is 0 Å². The summed E-state index contributed by atoms with van der Waals surface area (Å²) >= 11 is -0.904. The van der Waals surface area contributed by atoms with Crippen LogP contribution in [0.5, 0.6) is 0 Å². The van der Waals surface area contributed by atoms with Crippen LogP contribution in [-0.4, -0.2) is 19.6 Å². The van der Waals surface area contributed by atoms with E-state index in [1.807, 2.05) is 0 Å². The van der Waals surface area contributed by atoms with E-state index in [1.54, 1.807) is 17.9 Å². The molecule has 2 aromatic carbocycles. The summed E-state index contributed by atoms with van der Waals surface area (Å²) in [6.45, 7) is 0. The second-order valence-corrected chi connectivity index (χ2v) is 10.5. The predicted octanol–water partition coefficient (Wildman–Crippen LogP) is 0.339. The van der Waals surface area contributed by atoms with Crippen molar-refractivity contribution in [3.05, 3.63) is 42.5 Å². The zero-order chi connectivity index (χ0) is 10.1. The second kappa shape index (κ2) is 5.41. The first-order valence-electron chi connectivity index (χ1n) is 5.60. The number of benzene rings is 2. The van der Waals surface area contributed by atoms with Crippen LogP contribution in [0.25, 0.3) is 10.8 Å². The summed E-state index contributed by atoms with van der Waals surface area (Å²) in [4.78, 5) is 0. The molecule has 0 bridgehead atoms. The fourth-order valence-electron chi connectivity index (χ4n) is 2.32. The average molecular weight is 346 g/mol. The Bertz CT molecular complexity index is 470. The van der Waals surface area contributed by atoms with Crippen molar-refractivity contribution in [3.63, 3.8) is 0 Å². The topological polar surface area (TPSA) is 0 Å². The molecule has 2 aromatic rings. The maximum atomic E-state index is 2.39. The van der Waals surface area contributed by atoms with Gasteiger partial charge in [0.05, 0.1) is 0 Å². The average Bonchev–Trinajstić information content (AvgIpc) is 2.82. The van der Waals surface area contributed by atoms with Gasteiger partial charge in [0.25, 0.3) is 0 Å². The van der Waals surface area contributed by atoms with Crippen LogP contribution in [0.1, 0.15) is 12.8 Å². The molecule has 3 rings (SSSR count). The maximum absolute atomic E-state index is 2.39. The van der Waals surface area contributed by atoms with Crippen molar-refractivity contribution in [3.8, 4) is 0 Å². The Balaban J connectivity index is 0.000000963. The Morgan fingerprint density at radius 2 is 1.50 bits per heavy atom. The van der Waals surface area contributed by atoms with Gasteiger partial charge in [0.1, 0.15) is 0 Å². The Kier molecular flexibility index (Phi) is 4.14. The van der Waals surface area contributed by atoms with E-state index in [1.165, 1.54) is 18.2 Å². The quantitative estimate of drug-likeness (QED) is 0.654. The van der Waals surface area contributed by atoms with E-state index >= 15 is 0 Å². The van der Waals surface area contributed by atoms with Gasteiger partial charge in [-0.2, -0.15) is 0 Å². The molecule has 2 heteroatoms. The molecular weight excluding hydrogens is 331 g/mol. The van der Waals surface area contributed by atoms with Gasteiger partial charge in [-0.3, -0.25) is 0 Å². The molecule has 84 valence electrons. The van der Waals surface area contributed by atoms with E-state index in [-0.39, 0.29) is 12.4 Å². The number of hydrogen-bond donors (Lipinski definition) is 0. The molecule has 0 N–H and O–H groups in total. The SMILES string of the molecule is [Cl-].c1ccc2c([Te+]3CCCC3)cccc2c1. The molecule has 1 fully saturated rings. The first-order valence-corrected chi connectivity index (χ1v) is 10.1. The number of hydrogen-bond acceptors (Lipinski definition) is 0. The third kappa shape index (κ3) is 2.23. The van der Waals surface area contributed by atoms with Crippen molar-refractivity contribution in [1.82, 2.24) is 0 Å². The van der Waals surface area contributed by atoms with E-state index in [0.717, 1.165) is 0 Å². The summed E-state index contributed by atoms with van der Waals surface area (Å²) in [7, 11) is 0. The summed E-state index contributed by atoms with van der Waals surface area (Å²) in [6, 6.07) is 15.8. The minimum absolute atomic E-state index is 0. The molecule has 1 aliphatic rings. The molecule has 0 spiro atoms. The van der Waals surface area contributed by atoms with E-state index < -0.39 is 19.6 Å². The molecule has 0 saturated carbocycles. The molecule has 1 saturated heterocycles. The van der Waals surface area contributed by atoms with Gasteiger partial charge >= 0.3 is 98.2 Å². The Labute approximate surface area is 110 Å². The van der Waals surface area contributed by atoms with Crippen molar-refractivity contribution in [2.24, 2.45) is 0 Å². The Morgan fingerprint density at radius 3 is 2.31 bits per heavy atom. The summed E-state index contributed by atoms with van der Waals surface area (Å²) < 4.78 is 4.85. The van der Waals surface area contributed by atoms with Crippen LogP contribution >= 0.6 is 0 Å². The predicted molar refractivity (Wildman–Crippen MR) is 68.2 cm³/mol. The zero-order valence-electron chi connectivity index (χ0n) is 9.16. The summed E-state index contributed by atoms with van der Waals surface area (Å²) in [5.74, 6) is 0. The van der Waals surface area contributed by atoms with Crippen LogP contribution in [0.15, 0.2) is 42.5 Å². The van der Waals surface area contributed by atoms with Gasteiger partial charge in [0.15, 0.2) is 0 Å². The molecule has 0 aromatic heterocycles. The van der Waals surface area contributed by atoms with Crippen molar-refractivity contribution in [1.29, 1.82) is 0 Å². The fraction of sp³-hybridized carbons (Fsp3) is 0.286. The van der Waals surface area contributed by atoms with Crippen LogP contribution in [0, 0.1) is 0 Å². The van der Waals surface area contributed by atoms with Crippen molar-refractivity contribution < 1.29 is 12.4 Å². The monoisotopic (exact) mass is 348 g/mol. The van der Waals surface area contributed by atoms with Crippen LogP contribution in [-0.2, 0) is 0 Å². The molecule has 0 amide bonds. The first-order chi connectivity index (χ1) is 7.45. The number of halogens is 1. The number of fused-ring (bicyclic) bond motifs is 1. The van der Waals surface area contributed by atoms with Crippen molar-refractivity contribution in [2.45, 2.75) is 21.8 Å². The van der Waals surface area contributed by atoms with Crippen LogP contribution in [0.2, 0.25) is 8.94 Å². The molecule has 1 aliphatic heterocycles. The molecule has 0 radical (unpaired) electrons. The summed E-state index contributed by atoms with van der Waals surface area (Å²) in [5.41, 5.74) is 0. The molecule has 0 nitrogen and oxygen atoms in total. The van der Waals surface area contributed by atoms with Gasteiger partial charge < -0.3 is 12.4 Å². The normalized spacial score (nSPS) is 16.2. The van der Waals surface area contributed by atoms with Crippen LogP contribution < -0.4 is 16.0 Å². The van der Waals surface area contributed by atoms with Gasteiger partial charge in [0.2, 0.25) is 0 Å². The first kappa shape index (κ1) is 12.2. The van der Waals surface area contributed by atoms with Gasteiger partial charge in [-0.05, 0) is 0 Å². The minimum atomic E-state index is -0.904. The van der Waals surface area contributed by atoms with Gasteiger partial charge in [-0.15, -0.1) is 0 Å². The molecule has 1 heterocycles. The molecular formula is C14H15ClTe. The van der Waals surface area contributed by atoms with E-state index in [9.17, 15) is 0 Å². The van der Waals surface area contributed by atoms with Crippen molar-refractivity contribution in [2.75, 3.05) is 0 Å². The van der Waals surface area contributed by atoms with E-state index in [2.05, 4.69) is 42.5 Å². The standard InChI is InChI=1S/C14H15Te.ClH/c1-2-8-13-12(6-1)7-5-9-14(13)15-10-3-4-11-15;/h1-2,5-9H,3-4,10-11H2;1H/q+1;/p-1. The fourth-order valence-corrected chi connectivity index (χ4v) is 9.51. The molecule has 16 heavy (non-hydrogen) atoms. The Hall–Kier alpha value is -0.220. The van der Waals surface area contributed by atoms with Crippen LogP contribution in [0.4, 0.5) is 0 Å². The second-order valence-electron chi connectivity index (χ2n) is 4.09. The molecule has 0 atom stereocenters. The Morgan fingerprint density at radius 1 is 0.812 bits per heavy atom. The molecule has 0 aliphatic carbocycles. The van der Waals surface area contributed by atoms with E-state index in [0.29, 0.717) is 0 Å². The number of rotatable bonds is 1. The van der Waals surface area contributed by atoms with Gasteiger partial charge in [-0.1, -0.05) is 0 Å². The molecule has 0 unspecified atom stereocenters. The van der Waals surface area contributed by atoms with Gasteiger partial charge in [0, 0.05) is 0 Å². The van der Waals surface area contributed by atoms with Crippen LogP contribution in [0.3, 0.4) is 0 Å².